The van der Waals surface area contributed by atoms with Crippen LogP contribution < -0.4 is 0 Å². The first-order valence-corrected chi connectivity index (χ1v) is 9.77. The number of carboxylic acid groups (broad SMARTS) is 1. The van der Waals surface area contributed by atoms with Crippen LogP contribution in [0.2, 0.25) is 0 Å². The maximum Gasteiger partial charge on any atom is 0.312 e. The Morgan fingerprint density at radius 3 is 2.55 bits per heavy atom. The summed E-state index contributed by atoms with van der Waals surface area (Å²) in [6, 6.07) is 17.4. The normalized spacial score (nSPS) is 15.8. The van der Waals surface area contributed by atoms with E-state index in [1.807, 2.05) is 66.2 Å². The van der Waals surface area contributed by atoms with Gasteiger partial charge in [0.2, 0.25) is 0 Å². The van der Waals surface area contributed by atoms with Crippen molar-refractivity contribution < 1.29 is 14.7 Å². The number of carbonyl (C=O) groups excluding carboxylic acids is 1. The fourth-order valence-corrected chi connectivity index (χ4v) is 4.00. The van der Waals surface area contributed by atoms with E-state index >= 15 is 0 Å². The summed E-state index contributed by atoms with van der Waals surface area (Å²) in [4.78, 5) is 26.7. The Hall–Kier alpha value is -3.41. The number of benzene rings is 2. The van der Waals surface area contributed by atoms with Crippen LogP contribution >= 0.6 is 0 Å². The van der Waals surface area contributed by atoms with Crippen LogP contribution in [0.4, 0.5) is 0 Å². The predicted molar refractivity (Wildman–Crippen MR) is 109 cm³/mol. The standard InChI is InChI=1S/C23H23N3O3/c1-2-21-19(12-24-26(21)13-16-8-4-3-5-9-16)22(27)25-14-17-10-6-7-11-18(17)20(15-25)23(28)29/h3-12,20H,2,13-15H2,1H3,(H,28,29). The summed E-state index contributed by atoms with van der Waals surface area (Å²) in [5.41, 5.74) is 4.20. The van der Waals surface area contributed by atoms with Gasteiger partial charge in [-0.3, -0.25) is 14.3 Å². The van der Waals surface area contributed by atoms with Gasteiger partial charge in [-0.25, -0.2) is 0 Å². The zero-order valence-electron chi connectivity index (χ0n) is 16.3. The van der Waals surface area contributed by atoms with Gasteiger partial charge >= 0.3 is 5.97 Å². The topological polar surface area (TPSA) is 75.4 Å². The van der Waals surface area contributed by atoms with E-state index in [4.69, 9.17) is 0 Å². The Bertz CT molecular complexity index is 1040. The molecule has 6 nitrogen and oxygen atoms in total. The van der Waals surface area contributed by atoms with Crippen LogP contribution in [0.15, 0.2) is 60.8 Å². The molecule has 0 fully saturated rings. The van der Waals surface area contributed by atoms with E-state index in [0.29, 0.717) is 25.1 Å². The highest BCUT2D eigenvalue weighted by molar-refractivity contribution is 5.96. The van der Waals surface area contributed by atoms with E-state index < -0.39 is 11.9 Å². The molecule has 0 aliphatic carbocycles. The molecule has 0 bridgehead atoms. The lowest BCUT2D eigenvalue weighted by Gasteiger charge is -2.32. The Kier molecular flexibility index (Phi) is 5.16. The molecule has 29 heavy (non-hydrogen) atoms. The van der Waals surface area contributed by atoms with Gasteiger partial charge in [-0.1, -0.05) is 61.5 Å². The average Bonchev–Trinajstić information content (AvgIpc) is 3.15. The van der Waals surface area contributed by atoms with Gasteiger partial charge in [-0.15, -0.1) is 0 Å². The van der Waals surface area contributed by atoms with Crippen molar-refractivity contribution in [3.05, 3.63) is 88.7 Å². The molecule has 1 amide bonds. The maximum atomic E-state index is 13.3. The zero-order chi connectivity index (χ0) is 20.4. The second-order valence-electron chi connectivity index (χ2n) is 7.28. The van der Waals surface area contributed by atoms with E-state index in [2.05, 4.69) is 5.10 Å². The van der Waals surface area contributed by atoms with Gasteiger partial charge in [-0.05, 0) is 23.1 Å². The van der Waals surface area contributed by atoms with E-state index in [1.54, 1.807) is 11.1 Å². The van der Waals surface area contributed by atoms with E-state index in [9.17, 15) is 14.7 Å². The first-order chi connectivity index (χ1) is 14.1. The summed E-state index contributed by atoms with van der Waals surface area (Å²) < 4.78 is 1.86. The SMILES string of the molecule is CCc1c(C(=O)N2Cc3ccccc3C(C(=O)O)C2)cnn1Cc1ccccc1. The molecule has 1 unspecified atom stereocenters. The molecule has 2 aromatic carbocycles. The number of rotatable bonds is 5. The highest BCUT2D eigenvalue weighted by atomic mass is 16.4. The molecule has 1 aromatic heterocycles. The minimum Gasteiger partial charge on any atom is -0.481 e. The van der Waals surface area contributed by atoms with Crippen molar-refractivity contribution in [2.24, 2.45) is 0 Å². The summed E-state index contributed by atoms with van der Waals surface area (Å²) in [6.45, 7) is 3.17. The molecule has 6 heteroatoms. The third-order valence-electron chi connectivity index (χ3n) is 5.47. The van der Waals surface area contributed by atoms with Crippen LogP contribution in [0.3, 0.4) is 0 Å². The van der Waals surface area contributed by atoms with Crippen molar-refractivity contribution in [1.82, 2.24) is 14.7 Å². The molecule has 1 aliphatic heterocycles. The number of aliphatic carboxylic acids is 1. The quantitative estimate of drug-likeness (QED) is 0.726. The first-order valence-electron chi connectivity index (χ1n) is 9.77. The highest BCUT2D eigenvalue weighted by Gasteiger charge is 2.33. The third-order valence-corrected chi connectivity index (χ3v) is 5.47. The molecule has 1 N–H and O–H groups in total. The smallest absolute Gasteiger partial charge is 0.312 e. The molecule has 0 spiro atoms. The lowest BCUT2D eigenvalue weighted by molar-refractivity contribution is -0.139. The number of hydrogen-bond donors (Lipinski definition) is 1. The molecule has 3 aromatic rings. The predicted octanol–water partition coefficient (Wildman–Crippen LogP) is 3.32. The van der Waals surface area contributed by atoms with Crippen molar-refractivity contribution in [2.45, 2.75) is 32.4 Å². The van der Waals surface area contributed by atoms with Gasteiger partial charge in [0.25, 0.3) is 5.91 Å². The summed E-state index contributed by atoms with van der Waals surface area (Å²) in [5.74, 6) is -1.79. The van der Waals surface area contributed by atoms with E-state index in [1.165, 1.54) is 0 Å². The number of carboxylic acids is 1. The number of amides is 1. The summed E-state index contributed by atoms with van der Waals surface area (Å²) in [6.07, 6.45) is 2.28. The first kappa shape index (κ1) is 18.9. The molecule has 0 saturated heterocycles. The van der Waals surface area contributed by atoms with Crippen molar-refractivity contribution in [3.8, 4) is 0 Å². The Labute approximate surface area is 169 Å². The highest BCUT2D eigenvalue weighted by Crippen LogP contribution is 2.30. The monoisotopic (exact) mass is 389 g/mol. The number of carbonyl (C=O) groups is 2. The summed E-state index contributed by atoms with van der Waals surface area (Å²) in [7, 11) is 0. The molecule has 0 saturated carbocycles. The second kappa shape index (κ2) is 7.91. The fraction of sp³-hybridized carbons (Fsp3) is 0.261. The number of aromatic nitrogens is 2. The lowest BCUT2D eigenvalue weighted by Crippen LogP contribution is -2.40. The van der Waals surface area contributed by atoms with Crippen molar-refractivity contribution in [1.29, 1.82) is 0 Å². The van der Waals surface area contributed by atoms with Crippen LogP contribution in [0.5, 0.6) is 0 Å². The van der Waals surface area contributed by atoms with Gasteiger partial charge < -0.3 is 10.0 Å². The number of hydrogen-bond acceptors (Lipinski definition) is 3. The maximum absolute atomic E-state index is 13.3. The van der Waals surface area contributed by atoms with Crippen LogP contribution in [-0.2, 0) is 24.3 Å². The van der Waals surface area contributed by atoms with Crippen molar-refractivity contribution >= 4 is 11.9 Å². The molecule has 1 aliphatic rings. The van der Waals surface area contributed by atoms with Gasteiger partial charge in [0.05, 0.1) is 29.9 Å². The Balaban J connectivity index is 1.62. The molecule has 2 heterocycles. The molecule has 0 radical (unpaired) electrons. The molecular formula is C23H23N3O3. The van der Waals surface area contributed by atoms with Crippen LogP contribution in [0.1, 0.15) is 45.6 Å². The number of nitrogens with zero attached hydrogens (tertiary/aromatic N) is 3. The van der Waals surface area contributed by atoms with Crippen LogP contribution in [-0.4, -0.2) is 38.2 Å². The van der Waals surface area contributed by atoms with Gasteiger partial charge in [0, 0.05) is 13.1 Å². The van der Waals surface area contributed by atoms with Gasteiger partial charge in [0.15, 0.2) is 0 Å². The minimum absolute atomic E-state index is 0.165. The van der Waals surface area contributed by atoms with Gasteiger partial charge in [0.1, 0.15) is 0 Å². The van der Waals surface area contributed by atoms with Crippen LogP contribution in [0, 0.1) is 0 Å². The average molecular weight is 389 g/mol. The van der Waals surface area contributed by atoms with E-state index in [0.717, 1.165) is 22.4 Å². The van der Waals surface area contributed by atoms with Gasteiger partial charge in [-0.2, -0.15) is 5.10 Å². The molecule has 148 valence electrons. The van der Waals surface area contributed by atoms with Crippen molar-refractivity contribution in [2.75, 3.05) is 6.54 Å². The molecular weight excluding hydrogens is 366 g/mol. The summed E-state index contributed by atoms with van der Waals surface area (Å²) in [5, 5.41) is 14.1. The van der Waals surface area contributed by atoms with E-state index in [-0.39, 0.29) is 12.5 Å². The number of fused-ring (bicyclic) bond motifs is 1. The zero-order valence-corrected chi connectivity index (χ0v) is 16.3. The summed E-state index contributed by atoms with van der Waals surface area (Å²) >= 11 is 0. The lowest BCUT2D eigenvalue weighted by atomic mass is 9.89. The van der Waals surface area contributed by atoms with Crippen molar-refractivity contribution in [3.63, 3.8) is 0 Å². The third kappa shape index (κ3) is 3.66. The molecule has 1 atom stereocenters. The Morgan fingerprint density at radius 2 is 1.83 bits per heavy atom. The fourth-order valence-electron chi connectivity index (χ4n) is 4.00. The Morgan fingerprint density at radius 1 is 1.10 bits per heavy atom. The second-order valence-corrected chi connectivity index (χ2v) is 7.28. The molecule has 4 rings (SSSR count). The largest absolute Gasteiger partial charge is 0.481 e. The van der Waals surface area contributed by atoms with Crippen LogP contribution in [0.25, 0.3) is 0 Å². The minimum atomic E-state index is -0.912.